The van der Waals surface area contributed by atoms with Crippen molar-refractivity contribution in [3.63, 3.8) is 0 Å². The lowest BCUT2D eigenvalue weighted by molar-refractivity contribution is 0.129. The maximum atomic E-state index is 5.29. The van der Waals surface area contributed by atoms with Gasteiger partial charge in [0.25, 0.3) is 0 Å². The molecule has 0 saturated carbocycles. The molecule has 0 N–H and O–H groups in total. The molecular formula is C10H18O3S2. The summed E-state index contributed by atoms with van der Waals surface area (Å²) in [6.07, 6.45) is 1.27. The molecule has 0 aromatic carbocycles. The van der Waals surface area contributed by atoms with Gasteiger partial charge in [-0.15, -0.1) is 0 Å². The van der Waals surface area contributed by atoms with Crippen molar-refractivity contribution in [1.82, 2.24) is 0 Å². The van der Waals surface area contributed by atoms with Gasteiger partial charge in [0.1, 0.15) is 0 Å². The van der Waals surface area contributed by atoms with Gasteiger partial charge in [-0.1, -0.05) is 0 Å². The van der Waals surface area contributed by atoms with Crippen LogP contribution < -0.4 is 0 Å². The molecule has 0 aliphatic heterocycles. The number of ether oxygens (including phenoxy) is 3. The summed E-state index contributed by atoms with van der Waals surface area (Å²) in [5, 5.41) is 0.984. The second kappa shape index (κ2) is 10.3. The van der Waals surface area contributed by atoms with Crippen LogP contribution in [0.2, 0.25) is 0 Å². The van der Waals surface area contributed by atoms with E-state index in [1.807, 2.05) is 13.8 Å². The predicted molar refractivity (Wildman–Crippen MR) is 68.5 cm³/mol. The smallest absolute Gasteiger partial charge is 0.168 e. The average Bonchev–Trinajstić information content (AvgIpc) is 2.17. The third-order valence-electron chi connectivity index (χ3n) is 1.49. The molecule has 15 heavy (non-hydrogen) atoms. The maximum Gasteiger partial charge on any atom is 0.168 e. The molecule has 0 bridgehead atoms. The van der Waals surface area contributed by atoms with Gasteiger partial charge in [-0.2, -0.15) is 0 Å². The summed E-state index contributed by atoms with van der Waals surface area (Å²) in [6.45, 7) is 6.44. The molecule has 0 aliphatic carbocycles. The topological polar surface area (TPSA) is 27.7 Å². The molecule has 0 amide bonds. The van der Waals surface area contributed by atoms with E-state index in [1.165, 1.54) is 0 Å². The quantitative estimate of drug-likeness (QED) is 0.487. The second-order valence-corrected chi connectivity index (χ2v) is 3.66. The monoisotopic (exact) mass is 250 g/mol. The largest absolute Gasteiger partial charge is 0.487 e. The van der Waals surface area contributed by atoms with Crippen molar-refractivity contribution in [3.8, 4) is 0 Å². The first-order chi connectivity index (χ1) is 7.20. The highest BCUT2D eigenvalue weighted by atomic mass is 32.1. The van der Waals surface area contributed by atoms with Crippen LogP contribution in [-0.4, -0.2) is 36.5 Å². The fourth-order valence-corrected chi connectivity index (χ4v) is 1.43. The van der Waals surface area contributed by atoms with Crippen molar-refractivity contribution in [1.29, 1.82) is 0 Å². The number of thiocarbonyl (C=S) groups is 2. The summed E-state index contributed by atoms with van der Waals surface area (Å²) in [5.41, 5.74) is 0. The summed E-state index contributed by atoms with van der Waals surface area (Å²) in [4.78, 5) is 0. The molecular weight excluding hydrogens is 232 g/mol. The van der Waals surface area contributed by atoms with Gasteiger partial charge in [-0.05, 0) is 38.3 Å². The third-order valence-corrected chi connectivity index (χ3v) is 2.02. The summed E-state index contributed by atoms with van der Waals surface area (Å²) in [6, 6.07) is 0. The second-order valence-electron chi connectivity index (χ2n) is 2.75. The first-order valence-corrected chi connectivity index (χ1v) is 5.91. The standard InChI is InChI=1S/C10H18O3S2/c1-3-11-6-5-7-13-10(15)8-9(14)12-4-2/h3-8H2,1-2H3. The fourth-order valence-electron chi connectivity index (χ4n) is 0.872. The van der Waals surface area contributed by atoms with E-state index in [9.17, 15) is 0 Å². The van der Waals surface area contributed by atoms with Crippen LogP contribution in [0.3, 0.4) is 0 Å². The lowest BCUT2D eigenvalue weighted by Crippen LogP contribution is -2.12. The van der Waals surface area contributed by atoms with Crippen molar-refractivity contribution in [2.75, 3.05) is 26.4 Å². The number of hydrogen-bond donors (Lipinski definition) is 0. The molecule has 0 spiro atoms. The van der Waals surface area contributed by atoms with Crippen molar-refractivity contribution in [2.45, 2.75) is 26.7 Å². The Morgan fingerprint density at radius 1 is 0.933 bits per heavy atom. The zero-order valence-electron chi connectivity index (χ0n) is 9.28. The van der Waals surface area contributed by atoms with Crippen molar-refractivity contribution >= 4 is 34.5 Å². The summed E-state index contributed by atoms with van der Waals surface area (Å²) in [7, 11) is 0. The minimum atomic E-state index is 0.424. The SMILES string of the molecule is CCOCCCOC(=S)CC(=S)OCC. The molecule has 0 radical (unpaired) electrons. The van der Waals surface area contributed by atoms with Crippen molar-refractivity contribution in [2.24, 2.45) is 0 Å². The maximum absolute atomic E-state index is 5.29. The van der Waals surface area contributed by atoms with Gasteiger partial charge in [-0.3, -0.25) is 0 Å². The fraction of sp³-hybridized carbons (Fsp3) is 0.800. The highest BCUT2D eigenvalue weighted by Crippen LogP contribution is 1.97. The van der Waals surface area contributed by atoms with Crippen molar-refractivity contribution < 1.29 is 14.2 Å². The van der Waals surface area contributed by atoms with Crippen LogP contribution >= 0.6 is 24.4 Å². The number of rotatable bonds is 8. The Hall–Kier alpha value is -0.260. The average molecular weight is 250 g/mol. The molecule has 0 heterocycles. The van der Waals surface area contributed by atoms with Crippen molar-refractivity contribution in [3.05, 3.63) is 0 Å². The Bertz CT molecular complexity index is 195. The molecule has 88 valence electrons. The van der Waals surface area contributed by atoms with E-state index in [2.05, 4.69) is 0 Å². The molecule has 0 saturated heterocycles. The third kappa shape index (κ3) is 10.0. The van der Waals surface area contributed by atoms with Gasteiger partial charge in [0.15, 0.2) is 10.1 Å². The van der Waals surface area contributed by atoms with Crippen LogP contribution in [0.4, 0.5) is 0 Å². The normalized spacial score (nSPS) is 9.73. The molecule has 0 atom stereocenters. The molecule has 0 aromatic rings. The van der Waals surface area contributed by atoms with Crippen LogP contribution in [-0.2, 0) is 14.2 Å². The Kier molecular flexibility index (Phi) is 10.1. The van der Waals surface area contributed by atoms with E-state index >= 15 is 0 Å². The minimum Gasteiger partial charge on any atom is -0.487 e. The molecule has 0 aliphatic rings. The zero-order valence-corrected chi connectivity index (χ0v) is 10.9. The first-order valence-electron chi connectivity index (χ1n) is 5.09. The Morgan fingerprint density at radius 3 is 2.20 bits per heavy atom. The van der Waals surface area contributed by atoms with Gasteiger partial charge < -0.3 is 14.2 Å². The minimum absolute atomic E-state index is 0.424. The van der Waals surface area contributed by atoms with Gasteiger partial charge in [0, 0.05) is 19.6 Å². The van der Waals surface area contributed by atoms with E-state index in [4.69, 9.17) is 38.6 Å². The van der Waals surface area contributed by atoms with E-state index < -0.39 is 0 Å². The Morgan fingerprint density at radius 2 is 1.60 bits per heavy atom. The summed E-state index contributed by atoms with van der Waals surface area (Å²) in [5.74, 6) is 0. The van der Waals surface area contributed by atoms with Crippen LogP contribution in [0.15, 0.2) is 0 Å². The number of hydrogen-bond acceptors (Lipinski definition) is 5. The van der Waals surface area contributed by atoms with Crippen LogP contribution in [0.5, 0.6) is 0 Å². The van der Waals surface area contributed by atoms with Crippen LogP contribution in [0.25, 0.3) is 0 Å². The predicted octanol–water partition coefficient (Wildman–Crippen LogP) is 2.51. The molecule has 3 nitrogen and oxygen atoms in total. The molecule has 0 aromatic heterocycles. The lowest BCUT2D eigenvalue weighted by Gasteiger charge is -2.08. The lowest BCUT2D eigenvalue weighted by atomic mass is 10.4. The van der Waals surface area contributed by atoms with Gasteiger partial charge in [0.05, 0.1) is 19.6 Å². The zero-order chi connectivity index (χ0) is 11.5. The van der Waals surface area contributed by atoms with E-state index in [0.29, 0.717) is 36.3 Å². The molecule has 0 fully saturated rings. The van der Waals surface area contributed by atoms with E-state index in [1.54, 1.807) is 0 Å². The summed E-state index contributed by atoms with van der Waals surface area (Å²) < 4.78 is 15.5. The van der Waals surface area contributed by atoms with Gasteiger partial charge in [-0.25, -0.2) is 0 Å². The molecule has 5 heteroatoms. The van der Waals surface area contributed by atoms with Gasteiger partial charge >= 0.3 is 0 Å². The first kappa shape index (κ1) is 14.7. The molecule has 0 rings (SSSR count). The van der Waals surface area contributed by atoms with Crippen LogP contribution in [0, 0.1) is 0 Å². The molecule has 0 unspecified atom stereocenters. The van der Waals surface area contributed by atoms with E-state index in [0.717, 1.165) is 13.0 Å². The highest BCUT2D eigenvalue weighted by Gasteiger charge is 2.03. The van der Waals surface area contributed by atoms with E-state index in [-0.39, 0.29) is 0 Å². The van der Waals surface area contributed by atoms with Crippen LogP contribution in [0.1, 0.15) is 26.7 Å². The highest BCUT2D eigenvalue weighted by molar-refractivity contribution is 7.81. The Balaban J connectivity index is 3.37. The Labute approximate surface area is 102 Å². The summed E-state index contributed by atoms with van der Waals surface area (Å²) >= 11 is 9.93. The van der Waals surface area contributed by atoms with Gasteiger partial charge in [0.2, 0.25) is 0 Å².